The molecule has 2 fully saturated rings. The molecule has 1 aromatic carbocycles. The van der Waals surface area contributed by atoms with Crippen molar-refractivity contribution in [3.05, 3.63) is 24.3 Å². The lowest BCUT2D eigenvalue weighted by atomic mass is 10.1. The second kappa shape index (κ2) is 8.34. The molecule has 3 heterocycles. The molecule has 150 valence electrons. The van der Waals surface area contributed by atoms with Crippen LogP contribution in [-0.2, 0) is 4.79 Å². The first kappa shape index (κ1) is 19.0. The third-order valence-electron chi connectivity index (χ3n) is 5.49. The van der Waals surface area contributed by atoms with Crippen LogP contribution in [0.2, 0.25) is 0 Å². The number of likely N-dealkylation sites (tertiary alicyclic amines) is 1. The molecule has 8 heteroatoms. The number of hydrogen-bond donors (Lipinski definition) is 1. The zero-order valence-electron chi connectivity index (χ0n) is 16.3. The summed E-state index contributed by atoms with van der Waals surface area (Å²) in [6.07, 6.45) is 3.41. The highest BCUT2D eigenvalue weighted by atomic mass is 32.1. The Bertz CT molecular complexity index is 807. The lowest BCUT2D eigenvalue weighted by Crippen LogP contribution is -2.56. The standard InChI is InChI=1S/C20H27N5O2S/c1-15(21-19-22-16-7-3-4-8-17(16)28-19)18(26)23-11-13-25(14-12-23)20(27)24-9-5-2-6-10-24/h3-4,7-8,15H,2,5-6,9-14H2,1H3,(H,21,22)/t15-/m0/s1. The number of amides is 3. The maximum absolute atomic E-state index is 12.8. The van der Waals surface area contributed by atoms with E-state index in [0.717, 1.165) is 41.3 Å². The zero-order chi connectivity index (χ0) is 19.5. The molecule has 0 bridgehead atoms. The van der Waals surface area contributed by atoms with Gasteiger partial charge in [0.1, 0.15) is 6.04 Å². The fraction of sp³-hybridized carbons (Fsp3) is 0.550. The molecule has 1 aromatic heterocycles. The molecule has 0 saturated carbocycles. The number of anilines is 1. The summed E-state index contributed by atoms with van der Waals surface area (Å²) in [5, 5.41) is 4.01. The predicted octanol–water partition coefficient (Wildman–Crippen LogP) is 2.85. The number of nitrogens with one attached hydrogen (secondary N) is 1. The van der Waals surface area contributed by atoms with Crippen molar-refractivity contribution < 1.29 is 9.59 Å². The van der Waals surface area contributed by atoms with Gasteiger partial charge in [0.25, 0.3) is 0 Å². The number of benzene rings is 1. The molecule has 0 spiro atoms. The maximum atomic E-state index is 12.8. The molecule has 3 amide bonds. The number of carbonyl (C=O) groups excluding carboxylic acids is 2. The Kier molecular flexibility index (Phi) is 5.66. The van der Waals surface area contributed by atoms with Crippen LogP contribution in [0.4, 0.5) is 9.93 Å². The summed E-state index contributed by atoms with van der Waals surface area (Å²) in [6.45, 7) is 5.99. The second-order valence-electron chi connectivity index (χ2n) is 7.50. The van der Waals surface area contributed by atoms with Gasteiger partial charge in [-0.15, -0.1) is 0 Å². The van der Waals surface area contributed by atoms with Crippen LogP contribution in [0.25, 0.3) is 10.2 Å². The number of piperidine rings is 1. The predicted molar refractivity (Wildman–Crippen MR) is 112 cm³/mol. The SMILES string of the molecule is C[C@H](Nc1nc2ccccc2s1)C(=O)N1CCN(C(=O)N2CCCCC2)CC1. The summed E-state index contributed by atoms with van der Waals surface area (Å²) >= 11 is 1.56. The maximum Gasteiger partial charge on any atom is 0.320 e. The number of piperazine rings is 1. The minimum absolute atomic E-state index is 0.0596. The molecule has 28 heavy (non-hydrogen) atoms. The van der Waals surface area contributed by atoms with Gasteiger partial charge in [-0.3, -0.25) is 4.79 Å². The van der Waals surface area contributed by atoms with Crippen LogP contribution < -0.4 is 5.32 Å². The van der Waals surface area contributed by atoms with Crippen molar-refractivity contribution in [1.29, 1.82) is 0 Å². The van der Waals surface area contributed by atoms with Crippen LogP contribution in [0, 0.1) is 0 Å². The molecular weight excluding hydrogens is 374 g/mol. The van der Waals surface area contributed by atoms with Crippen LogP contribution in [0.15, 0.2) is 24.3 Å². The summed E-state index contributed by atoms with van der Waals surface area (Å²) in [4.78, 5) is 35.7. The molecule has 2 aliphatic heterocycles. The van der Waals surface area contributed by atoms with E-state index in [-0.39, 0.29) is 18.0 Å². The zero-order valence-corrected chi connectivity index (χ0v) is 17.1. The van der Waals surface area contributed by atoms with Crippen molar-refractivity contribution in [2.75, 3.05) is 44.6 Å². The summed E-state index contributed by atoms with van der Waals surface area (Å²) in [6, 6.07) is 7.75. The summed E-state index contributed by atoms with van der Waals surface area (Å²) in [5.74, 6) is 0.0596. The van der Waals surface area contributed by atoms with Crippen LogP contribution in [0.5, 0.6) is 0 Å². The van der Waals surface area contributed by atoms with Gasteiger partial charge in [0.05, 0.1) is 10.2 Å². The Labute approximate surface area is 169 Å². The number of thiazole rings is 1. The molecule has 0 radical (unpaired) electrons. The number of fused-ring (bicyclic) bond motifs is 1. The highest BCUT2D eigenvalue weighted by Gasteiger charge is 2.29. The first-order valence-electron chi connectivity index (χ1n) is 10.1. The van der Waals surface area contributed by atoms with Gasteiger partial charge >= 0.3 is 6.03 Å². The van der Waals surface area contributed by atoms with Gasteiger partial charge in [0.15, 0.2) is 5.13 Å². The largest absolute Gasteiger partial charge is 0.350 e. The van der Waals surface area contributed by atoms with Crippen molar-refractivity contribution >= 4 is 38.6 Å². The molecule has 2 aromatic rings. The number of aromatic nitrogens is 1. The van der Waals surface area contributed by atoms with Crippen molar-refractivity contribution in [2.45, 2.75) is 32.2 Å². The van der Waals surface area contributed by atoms with Gasteiger partial charge < -0.3 is 20.0 Å². The van der Waals surface area contributed by atoms with Crippen molar-refractivity contribution in [2.24, 2.45) is 0 Å². The molecular formula is C20H27N5O2S. The van der Waals surface area contributed by atoms with Gasteiger partial charge in [-0.05, 0) is 38.3 Å². The lowest BCUT2D eigenvalue weighted by Gasteiger charge is -2.39. The lowest BCUT2D eigenvalue weighted by molar-refractivity contribution is -0.133. The smallest absolute Gasteiger partial charge is 0.320 e. The van der Waals surface area contributed by atoms with E-state index < -0.39 is 0 Å². The van der Waals surface area contributed by atoms with E-state index in [1.54, 1.807) is 11.3 Å². The topological polar surface area (TPSA) is 68.8 Å². The Hall–Kier alpha value is -2.35. The van der Waals surface area contributed by atoms with E-state index in [0.29, 0.717) is 26.2 Å². The molecule has 7 nitrogen and oxygen atoms in total. The molecule has 2 saturated heterocycles. The molecule has 4 rings (SSSR count). The quantitative estimate of drug-likeness (QED) is 0.859. The van der Waals surface area contributed by atoms with E-state index in [4.69, 9.17) is 0 Å². The molecule has 0 aliphatic carbocycles. The molecule has 1 N–H and O–H groups in total. The summed E-state index contributed by atoms with van der Waals surface area (Å²) in [5.41, 5.74) is 0.944. The monoisotopic (exact) mass is 401 g/mol. The molecule has 0 unspecified atom stereocenters. The van der Waals surface area contributed by atoms with Crippen LogP contribution in [0.1, 0.15) is 26.2 Å². The van der Waals surface area contributed by atoms with Crippen LogP contribution >= 0.6 is 11.3 Å². The van der Waals surface area contributed by atoms with Crippen molar-refractivity contribution in [3.63, 3.8) is 0 Å². The fourth-order valence-electron chi connectivity index (χ4n) is 3.86. The average Bonchev–Trinajstić information content (AvgIpc) is 3.15. The number of hydrogen-bond acceptors (Lipinski definition) is 5. The number of nitrogens with zero attached hydrogens (tertiary/aromatic N) is 4. The third-order valence-corrected chi connectivity index (χ3v) is 6.46. The van der Waals surface area contributed by atoms with E-state index in [1.165, 1.54) is 6.42 Å². The van der Waals surface area contributed by atoms with Gasteiger partial charge in [-0.1, -0.05) is 23.5 Å². The average molecular weight is 402 g/mol. The van der Waals surface area contributed by atoms with Gasteiger partial charge in [0, 0.05) is 39.3 Å². The number of rotatable bonds is 3. The van der Waals surface area contributed by atoms with Crippen LogP contribution in [-0.4, -0.2) is 76.9 Å². The van der Waals surface area contributed by atoms with Gasteiger partial charge in [-0.25, -0.2) is 9.78 Å². The summed E-state index contributed by atoms with van der Waals surface area (Å²) in [7, 11) is 0. The highest BCUT2D eigenvalue weighted by molar-refractivity contribution is 7.22. The molecule has 2 aliphatic rings. The second-order valence-corrected chi connectivity index (χ2v) is 8.53. The minimum atomic E-state index is -0.343. The fourth-order valence-corrected chi connectivity index (χ4v) is 4.81. The Balaban J connectivity index is 1.29. The number of urea groups is 1. The van der Waals surface area contributed by atoms with Crippen molar-refractivity contribution in [3.8, 4) is 0 Å². The Morgan fingerprint density at radius 1 is 0.964 bits per heavy atom. The van der Waals surface area contributed by atoms with E-state index in [9.17, 15) is 9.59 Å². The number of carbonyl (C=O) groups is 2. The van der Waals surface area contributed by atoms with Gasteiger partial charge in [0.2, 0.25) is 5.91 Å². The van der Waals surface area contributed by atoms with E-state index in [2.05, 4.69) is 10.3 Å². The summed E-state index contributed by atoms with van der Waals surface area (Å²) < 4.78 is 1.11. The molecule has 1 atom stereocenters. The Morgan fingerprint density at radius 2 is 1.61 bits per heavy atom. The van der Waals surface area contributed by atoms with E-state index in [1.807, 2.05) is 45.9 Å². The minimum Gasteiger partial charge on any atom is -0.350 e. The van der Waals surface area contributed by atoms with Gasteiger partial charge in [-0.2, -0.15) is 0 Å². The van der Waals surface area contributed by atoms with E-state index >= 15 is 0 Å². The number of para-hydroxylation sites is 1. The normalized spacial score (nSPS) is 19.0. The van der Waals surface area contributed by atoms with Crippen molar-refractivity contribution in [1.82, 2.24) is 19.7 Å². The Morgan fingerprint density at radius 3 is 2.32 bits per heavy atom. The first-order chi connectivity index (χ1) is 13.6. The van der Waals surface area contributed by atoms with Crippen LogP contribution in [0.3, 0.4) is 0 Å². The third kappa shape index (κ3) is 4.06. The first-order valence-corrected chi connectivity index (χ1v) is 10.9. The highest BCUT2D eigenvalue weighted by Crippen LogP contribution is 2.26.